The average Bonchev–Trinajstić information content (AvgIpc) is 2.07. The van der Waals surface area contributed by atoms with Crippen LogP contribution in [0.1, 0.15) is 18.9 Å². The van der Waals surface area contributed by atoms with E-state index in [4.69, 9.17) is 17.3 Å². The van der Waals surface area contributed by atoms with Gasteiger partial charge in [-0.2, -0.15) is 0 Å². The summed E-state index contributed by atoms with van der Waals surface area (Å²) in [5, 5.41) is 0.796. The summed E-state index contributed by atoms with van der Waals surface area (Å²) in [5.74, 6) is 0. The van der Waals surface area contributed by atoms with Crippen molar-refractivity contribution >= 4 is 11.6 Å². The largest absolute Gasteiger partial charge is 0.327 e. The summed E-state index contributed by atoms with van der Waals surface area (Å²) in [6.45, 7) is 5.84. The van der Waals surface area contributed by atoms with Gasteiger partial charge in [-0.15, -0.1) is 6.58 Å². The lowest BCUT2D eigenvalue weighted by molar-refractivity contribution is 0.662. The van der Waals surface area contributed by atoms with E-state index in [1.165, 1.54) is 0 Å². The first-order valence-corrected chi connectivity index (χ1v) is 5.10. The molecule has 14 heavy (non-hydrogen) atoms. The van der Waals surface area contributed by atoms with E-state index < -0.39 is 0 Å². The number of hydrogen-bond acceptors (Lipinski definition) is 1. The van der Waals surface area contributed by atoms with Gasteiger partial charge in [-0.3, -0.25) is 0 Å². The molecule has 1 rings (SSSR count). The molecule has 1 aromatic rings. The maximum absolute atomic E-state index is 6.03. The van der Waals surface area contributed by atoms with Crippen molar-refractivity contribution in [3.05, 3.63) is 47.0 Å². The van der Waals surface area contributed by atoms with Crippen molar-refractivity contribution in [3.63, 3.8) is 0 Å². The summed E-state index contributed by atoms with van der Waals surface area (Å²) in [7, 11) is 0. The zero-order valence-corrected chi connectivity index (χ0v) is 9.22. The first-order chi connectivity index (χ1) is 6.59. The Morgan fingerprint density at radius 2 is 2.14 bits per heavy atom. The molecular weight excluding hydrogens is 194 g/mol. The number of benzene rings is 1. The van der Waals surface area contributed by atoms with Crippen molar-refractivity contribution in [2.75, 3.05) is 0 Å². The molecule has 1 atom stereocenters. The summed E-state index contributed by atoms with van der Waals surface area (Å²) >= 11 is 6.03. The molecule has 2 N–H and O–H groups in total. The van der Waals surface area contributed by atoms with E-state index in [2.05, 4.69) is 6.58 Å². The molecule has 0 aliphatic heterocycles. The van der Waals surface area contributed by atoms with Crippen LogP contribution in [0.4, 0.5) is 0 Å². The van der Waals surface area contributed by atoms with Crippen LogP contribution in [0, 0.1) is 0 Å². The maximum Gasteiger partial charge on any atom is 0.0438 e. The van der Waals surface area contributed by atoms with Crippen LogP contribution in [0.25, 0.3) is 0 Å². The Bertz CT molecular complexity index is 320. The fraction of sp³-hybridized carbons (Fsp3) is 0.333. The van der Waals surface area contributed by atoms with Crippen molar-refractivity contribution in [2.24, 2.45) is 5.73 Å². The van der Waals surface area contributed by atoms with Crippen LogP contribution in [0.15, 0.2) is 36.4 Å². The van der Waals surface area contributed by atoms with E-state index in [0.29, 0.717) is 0 Å². The summed E-state index contributed by atoms with van der Waals surface area (Å²) in [5.41, 5.74) is 8.19. The van der Waals surface area contributed by atoms with Gasteiger partial charge in [0.25, 0.3) is 0 Å². The highest BCUT2D eigenvalue weighted by molar-refractivity contribution is 6.31. The molecule has 0 radical (unpaired) electrons. The molecule has 1 nitrogen and oxygen atoms in total. The highest BCUT2D eigenvalue weighted by Crippen LogP contribution is 2.17. The van der Waals surface area contributed by atoms with Crippen LogP contribution in [-0.4, -0.2) is 6.04 Å². The van der Waals surface area contributed by atoms with Gasteiger partial charge in [0.1, 0.15) is 0 Å². The third-order valence-corrected chi connectivity index (χ3v) is 2.42. The molecule has 0 aliphatic rings. The zero-order valence-electron chi connectivity index (χ0n) is 8.46. The molecule has 0 bridgehead atoms. The van der Waals surface area contributed by atoms with Gasteiger partial charge in [0, 0.05) is 11.1 Å². The molecule has 2 heteroatoms. The molecule has 0 heterocycles. The fourth-order valence-corrected chi connectivity index (χ4v) is 1.68. The molecular formula is C12H16ClN. The van der Waals surface area contributed by atoms with Crippen molar-refractivity contribution in [1.29, 1.82) is 0 Å². The first-order valence-electron chi connectivity index (χ1n) is 4.73. The van der Waals surface area contributed by atoms with Crippen LogP contribution in [0.3, 0.4) is 0 Å². The Kier molecular flexibility index (Phi) is 4.18. The smallest absolute Gasteiger partial charge is 0.0438 e. The number of nitrogens with two attached hydrogens (primary N) is 1. The van der Waals surface area contributed by atoms with Gasteiger partial charge >= 0.3 is 0 Å². The second kappa shape index (κ2) is 5.18. The van der Waals surface area contributed by atoms with E-state index in [1.807, 2.05) is 31.2 Å². The lowest BCUT2D eigenvalue weighted by Gasteiger charge is -2.12. The highest BCUT2D eigenvalue weighted by atomic mass is 35.5. The van der Waals surface area contributed by atoms with Crippen molar-refractivity contribution in [3.8, 4) is 0 Å². The van der Waals surface area contributed by atoms with Crippen LogP contribution in [0.5, 0.6) is 0 Å². The van der Waals surface area contributed by atoms with E-state index in [-0.39, 0.29) is 6.04 Å². The molecule has 0 fully saturated rings. The fourth-order valence-electron chi connectivity index (χ4n) is 1.47. The van der Waals surface area contributed by atoms with Crippen molar-refractivity contribution in [1.82, 2.24) is 0 Å². The molecule has 0 saturated carbocycles. The highest BCUT2D eigenvalue weighted by Gasteiger charge is 2.06. The van der Waals surface area contributed by atoms with Gasteiger partial charge in [0.2, 0.25) is 0 Å². The normalized spacial score (nSPS) is 12.5. The number of rotatable bonds is 4. The minimum absolute atomic E-state index is 0.118. The second-order valence-electron chi connectivity index (χ2n) is 3.72. The predicted octanol–water partition coefficient (Wildman–Crippen LogP) is 3.18. The quantitative estimate of drug-likeness (QED) is 0.758. The van der Waals surface area contributed by atoms with Gasteiger partial charge in [-0.25, -0.2) is 0 Å². The summed E-state index contributed by atoms with van der Waals surface area (Å²) in [4.78, 5) is 0. The molecule has 0 aliphatic carbocycles. The molecule has 1 unspecified atom stereocenters. The third-order valence-electron chi connectivity index (χ3n) is 2.05. The van der Waals surface area contributed by atoms with E-state index >= 15 is 0 Å². The Labute approximate surface area is 90.6 Å². The SMILES string of the molecule is C=C(C)CC(N)Cc1ccccc1Cl. The van der Waals surface area contributed by atoms with Crippen molar-refractivity contribution in [2.45, 2.75) is 25.8 Å². The van der Waals surface area contributed by atoms with Crippen molar-refractivity contribution < 1.29 is 0 Å². The summed E-state index contributed by atoms with van der Waals surface area (Å²) < 4.78 is 0. The lowest BCUT2D eigenvalue weighted by Crippen LogP contribution is -2.23. The monoisotopic (exact) mass is 209 g/mol. The standard InChI is InChI=1S/C12H16ClN/c1-9(2)7-11(14)8-10-5-3-4-6-12(10)13/h3-6,11H,1,7-8,14H2,2H3. The number of halogens is 1. The summed E-state index contributed by atoms with van der Waals surface area (Å²) in [6.07, 6.45) is 1.66. The minimum Gasteiger partial charge on any atom is -0.327 e. The first kappa shape index (κ1) is 11.3. The van der Waals surface area contributed by atoms with E-state index in [0.717, 1.165) is 29.0 Å². The van der Waals surface area contributed by atoms with Crippen LogP contribution < -0.4 is 5.73 Å². The van der Waals surface area contributed by atoms with Gasteiger partial charge < -0.3 is 5.73 Å². The summed E-state index contributed by atoms with van der Waals surface area (Å²) in [6, 6.07) is 7.93. The lowest BCUT2D eigenvalue weighted by atomic mass is 10.0. The topological polar surface area (TPSA) is 26.0 Å². The zero-order chi connectivity index (χ0) is 10.6. The van der Waals surface area contributed by atoms with Crippen LogP contribution >= 0.6 is 11.6 Å². The van der Waals surface area contributed by atoms with E-state index in [9.17, 15) is 0 Å². The molecule has 0 aromatic heterocycles. The van der Waals surface area contributed by atoms with Crippen LogP contribution in [0.2, 0.25) is 5.02 Å². The Balaban J connectivity index is 2.60. The van der Waals surface area contributed by atoms with Gasteiger partial charge in [-0.1, -0.05) is 35.4 Å². The molecule has 1 aromatic carbocycles. The Morgan fingerprint density at radius 1 is 1.50 bits per heavy atom. The number of hydrogen-bond donors (Lipinski definition) is 1. The Hall–Kier alpha value is -0.790. The van der Waals surface area contributed by atoms with E-state index in [1.54, 1.807) is 0 Å². The molecule has 76 valence electrons. The molecule has 0 amide bonds. The molecule has 0 saturated heterocycles. The van der Waals surface area contributed by atoms with Gasteiger partial charge in [-0.05, 0) is 31.4 Å². The molecule has 0 spiro atoms. The van der Waals surface area contributed by atoms with Crippen LogP contribution in [-0.2, 0) is 6.42 Å². The Morgan fingerprint density at radius 3 is 2.71 bits per heavy atom. The predicted molar refractivity (Wildman–Crippen MR) is 62.6 cm³/mol. The van der Waals surface area contributed by atoms with Gasteiger partial charge in [0.05, 0.1) is 0 Å². The average molecular weight is 210 g/mol. The van der Waals surface area contributed by atoms with Gasteiger partial charge in [0.15, 0.2) is 0 Å². The second-order valence-corrected chi connectivity index (χ2v) is 4.12. The third kappa shape index (κ3) is 3.52. The maximum atomic E-state index is 6.03. The minimum atomic E-state index is 0.118.